The Labute approximate surface area is 112 Å². The summed E-state index contributed by atoms with van der Waals surface area (Å²) in [4.78, 5) is 0. The zero-order valence-electron chi connectivity index (χ0n) is 9.79. The van der Waals surface area contributed by atoms with E-state index in [1.165, 1.54) is 30.4 Å². The molecule has 88 valence electrons. The van der Waals surface area contributed by atoms with Crippen molar-refractivity contribution in [3.63, 3.8) is 0 Å². The Hall–Kier alpha value is -0.0900. The van der Waals surface area contributed by atoms with Crippen molar-refractivity contribution in [1.82, 2.24) is 0 Å². The van der Waals surface area contributed by atoms with Gasteiger partial charge in [0.2, 0.25) is 0 Å². The molecule has 1 aliphatic carbocycles. The van der Waals surface area contributed by atoms with Crippen LogP contribution in [-0.4, -0.2) is 11.0 Å². The Morgan fingerprint density at radius 3 is 2.75 bits per heavy atom. The molecule has 1 aromatic carbocycles. The molecule has 0 aromatic heterocycles. The van der Waals surface area contributed by atoms with E-state index in [1.54, 1.807) is 0 Å². The smallest absolute Gasteiger partial charge is 0.0916 e. The standard InChI is InChI=1S/C14H19IO/c1-11-4-2-3-5-13(11)14(10-15)16-9-8-12-6-7-12/h2-5,12,14H,6-10H2,1H3. The van der Waals surface area contributed by atoms with E-state index >= 15 is 0 Å². The van der Waals surface area contributed by atoms with Gasteiger partial charge in [-0.1, -0.05) is 59.7 Å². The van der Waals surface area contributed by atoms with Gasteiger partial charge in [0.05, 0.1) is 6.10 Å². The van der Waals surface area contributed by atoms with Gasteiger partial charge in [-0.2, -0.15) is 0 Å². The zero-order chi connectivity index (χ0) is 11.4. The molecule has 1 aromatic rings. The molecule has 0 heterocycles. The molecule has 0 radical (unpaired) electrons. The summed E-state index contributed by atoms with van der Waals surface area (Å²) in [6.45, 7) is 3.09. The molecule has 1 atom stereocenters. The van der Waals surface area contributed by atoms with Crippen molar-refractivity contribution >= 4 is 22.6 Å². The maximum absolute atomic E-state index is 6.00. The molecule has 2 rings (SSSR count). The molecule has 0 aliphatic heterocycles. The number of alkyl halides is 1. The van der Waals surface area contributed by atoms with Crippen LogP contribution in [0.2, 0.25) is 0 Å². The Bertz CT molecular complexity index is 333. The topological polar surface area (TPSA) is 9.23 Å². The molecule has 0 saturated heterocycles. The largest absolute Gasteiger partial charge is 0.373 e. The maximum Gasteiger partial charge on any atom is 0.0916 e. The van der Waals surface area contributed by atoms with Crippen LogP contribution < -0.4 is 0 Å². The number of hydrogen-bond donors (Lipinski definition) is 0. The predicted octanol–water partition coefficient (Wildman–Crippen LogP) is 4.29. The summed E-state index contributed by atoms with van der Waals surface area (Å²) in [5.74, 6) is 0.965. The second-order valence-electron chi connectivity index (χ2n) is 4.60. The summed E-state index contributed by atoms with van der Waals surface area (Å²) >= 11 is 2.42. The minimum absolute atomic E-state index is 0.278. The van der Waals surface area contributed by atoms with Crippen molar-refractivity contribution in [1.29, 1.82) is 0 Å². The van der Waals surface area contributed by atoms with Gasteiger partial charge in [-0.15, -0.1) is 0 Å². The van der Waals surface area contributed by atoms with Crippen LogP contribution in [0.15, 0.2) is 24.3 Å². The normalized spacial score (nSPS) is 17.4. The minimum Gasteiger partial charge on any atom is -0.373 e. The lowest BCUT2D eigenvalue weighted by molar-refractivity contribution is 0.0661. The van der Waals surface area contributed by atoms with Gasteiger partial charge in [0.1, 0.15) is 0 Å². The molecule has 1 fully saturated rings. The van der Waals surface area contributed by atoms with E-state index in [2.05, 4.69) is 53.8 Å². The molecule has 1 nitrogen and oxygen atoms in total. The van der Waals surface area contributed by atoms with Crippen molar-refractivity contribution < 1.29 is 4.74 Å². The van der Waals surface area contributed by atoms with E-state index < -0.39 is 0 Å². The Balaban J connectivity index is 1.90. The molecule has 1 aliphatic rings. The van der Waals surface area contributed by atoms with Crippen LogP contribution in [0.25, 0.3) is 0 Å². The molecule has 1 saturated carbocycles. The molecule has 0 bridgehead atoms. The fourth-order valence-electron chi connectivity index (χ4n) is 1.95. The average Bonchev–Trinajstić information content (AvgIpc) is 3.10. The van der Waals surface area contributed by atoms with Crippen molar-refractivity contribution in [3.05, 3.63) is 35.4 Å². The second kappa shape index (κ2) is 6.01. The van der Waals surface area contributed by atoms with Gasteiger partial charge in [0.25, 0.3) is 0 Å². The number of ether oxygens (including phenoxy) is 1. The number of benzene rings is 1. The first-order valence-electron chi connectivity index (χ1n) is 6.04. The van der Waals surface area contributed by atoms with E-state index in [-0.39, 0.29) is 6.10 Å². The van der Waals surface area contributed by atoms with Gasteiger partial charge < -0.3 is 4.74 Å². The van der Waals surface area contributed by atoms with Crippen LogP contribution in [-0.2, 0) is 4.74 Å². The van der Waals surface area contributed by atoms with Gasteiger partial charge in [0, 0.05) is 11.0 Å². The Morgan fingerprint density at radius 1 is 1.38 bits per heavy atom. The summed E-state index contributed by atoms with van der Waals surface area (Å²) in [7, 11) is 0. The summed E-state index contributed by atoms with van der Waals surface area (Å²) in [6, 6.07) is 8.55. The lowest BCUT2D eigenvalue weighted by atomic mass is 10.0. The molecule has 0 N–H and O–H groups in total. The van der Waals surface area contributed by atoms with Gasteiger partial charge >= 0.3 is 0 Å². The highest BCUT2D eigenvalue weighted by Crippen LogP contribution is 2.33. The first-order valence-corrected chi connectivity index (χ1v) is 7.57. The fourth-order valence-corrected chi connectivity index (χ4v) is 2.68. The third kappa shape index (κ3) is 3.45. The van der Waals surface area contributed by atoms with Crippen LogP contribution in [0.3, 0.4) is 0 Å². The van der Waals surface area contributed by atoms with E-state index in [9.17, 15) is 0 Å². The Morgan fingerprint density at radius 2 is 2.12 bits per heavy atom. The third-order valence-electron chi connectivity index (χ3n) is 3.22. The van der Waals surface area contributed by atoms with E-state index in [1.807, 2.05) is 0 Å². The summed E-state index contributed by atoms with van der Waals surface area (Å²) in [5.41, 5.74) is 2.70. The quantitative estimate of drug-likeness (QED) is 0.559. The summed E-state index contributed by atoms with van der Waals surface area (Å²) < 4.78 is 7.04. The van der Waals surface area contributed by atoms with Crippen LogP contribution in [0, 0.1) is 12.8 Å². The monoisotopic (exact) mass is 330 g/mol. The fraction of sp³-hybridized carbons (Fsp3) is 0.571. The van der Waals surface area contributed by atoms with Gasteiger partial charge in [0.15, 0.2) is 0 Å². The van der Waals surface area contributed by atoms with Crippen molar-refractivity contribution in [2.45, 2.75) is 32.3 Å². The lowest BCUT2D eigenvalue weighted by Crippen LogP contribution is -2.08. The van der Waals surface area contributed by atoms with E-state index in [4.69, 9.17) is 4.74 Å². The molecular weight excluding hydrogens is 311 g/mol. The number of aryl methyl sites for hydroxylation is 1. The molecule has 0 spiro atoms. The minimum atomic E-state index is 0.278. The van der Waals surface area contributed by atoms with E-state index in [0.29, 0.717) is 0 Å². The maximum atomic E-state index is 6.00. The molecule has 16 heavy (non-hydrogen) atoms. The zero-order valence-corrected chi connectivity index (χ0v) is 11.9. The second-order valence-corrected chi connectivity index (χ2v) is 5.48. The van der Waals surface area contributed by atoms with Crippen molar-refractivity contribution in [2.75, 3.05) is 11.0 Å². The van der Waals surface area contributed by atoms with Crippen LogP contribution in [0.1, 0.15) is 36.5 Å². The summed E-state index contributed by atoms with van der Waals surface area (Å²) in [6.07, 6.45) is 4.37. The highest BCUT2D eigenvalue weighted by molar-refractivity contribution is 14.1. The van der Waals surface area contributed by atoms with E-state index in [0.717, 1.165) is 17.0 Å². The summed E-state index contributed by atoms with van der Waals surface area (Å²) in [5, 5.41) is 0. The van der Waals surface area contributed by atoms with Gasteiger partial charge in [-0.25, -0.2) is 0 Å². The molecule has 1 unspecified atom stereocenters. The van der Waals surface area contributed by atoms with Crippen LogP contribution in [0.5, 0.6) is 0 Å². The number of rotatable bonds is 6. The van der Waals surface area contributed by atoms with Crippen LogP contribution in [0.4, 0.5) is 0 Å². The highest BCUT2D eigenvalue weighted by atomic mass is 127. The molecule has 0 amide bonds. The highest BCUT2D eigenvalue weighted by Gasteiger charge is 2.21. The van der Waals surface area contributed by atoms with Crippen molar-refractivity contribution in [2.24, 2.45) is 5.92 Å². The van der Waals surface area contributed by atoms with Crippen LogP contribution >= 0.6 is 22.6 Å². The van der Waals surface area contributed by atoms with Gasteiger partial charge in [-0.05, 0) is 30.4 Å². The number of halogens is 1. The molecule has 2 heteroatoms. The lowest BCUT2D eigenvalue weighted by Gasteiger charge is -2.17. The van der Waals surface area contributed by atoms with Crippen molar-refractivity contribution in [3.8, 4) is 0 Å². The first-order chi connectivity index (χ1) is 7.81. The molecular formula is C14H19IO. The SMILES string of the molecule is Cc1ccccc1C(CI)OCCC1CC1. The number of hydrogen-bond acceptors (Lipinski definition) is 1. The van der Waals surface area contributed by atoms with Gasteiger partial charge in [-0.3, -0.25) is 0 Å². The average molecular weight is 330 g/mol. The first kappa shape index (κ1) is 12.4. The Kier molecular flexibility index (Phi) is 4.65. The predicted molar refractivity (Wildman–Crippen MR) is 76.1 cm³/mol. The third-order valence-corrected chi connectivity index (χ3v) is 4.02.